The van der Waals surface area contributed by atoms with Gasteiger partial charge in [-0.25, -0.2) is 9.97 Å². The molecule has 0 aliphatic carbocycles. The third kappa shape index (κ3) is 2.48. The summed E-state index contributed by atoms with van der Waals surface area (Å²) in [5.41, 5.74) is 0. The van der Waals surface area contributed by atoms with Gasteiger partial charge in [0.1, 0.15) is 9.86 Å². The predicted molar refractivity (Wildman–Crippen MR) is 69.6 cm³/mol. The van der Waals surface area contributed by atoms with Gasteiger partial charge in [0.15, 0.2) is 0 Å². The number of rotatable bonds is 4. The van der Waals surface area contributed by atoms with Gasteiger partial charge in [-0.2, -0.15) is 0 Å². The molecule has 6 heteroatoms. The molecule has 86 valence electrons. The van der Waals surface area contributed by atoms with Gasteiger partial charge in [-0.3, -0.25) is 0 Å². The average Bonchev–Trinajstić information content (AvgIpc) is 2.68. The summed E-state index contributed by atoms with van der Waals surface area (Å²) in [6.45, 7) is 2.25. The van der Waals surface area contributed by atoms with Crippen LogP contribution in [0.3, 0.4) is 0 Å². The average molecular weight is 275 g/mol. The van der Waals surface area contributed by atoms with E-state index in [-0.39, 0.29) is 11.9 Å². The zero-order valence-electron chi connectivity index (χ0n) is 8.73. The molecule has 1 N–H and O–H groups in total. The van der Waals surface area contributed by atoms with Crippen LogP contribution in [0.1, 0.15) is 11.8 Å². The fourth-order valence-corrected chi connectivity index (χ4v) is 3.39. The molecule has 0 bridgehead atoms. The highest BCUT2D eigenvalue weighted by molar-refractivity contribution is 7.99. The highest BCUT2D eigenvalue weighted by Gasteiger charge is 2.10. The first-order valence-electron chi connectivity index (χ1n) is 4.94. The minimum atomic E-state index is 0.137. The van der Waals surface area contributed by atoms with Gasteiger partial charge in [-0.15, -0.1) is 23.1 Å². The van der Waals surface area contributed by atoms with Crippen molar-refractivity contribution in [2.75, 3.05) is 12.4 Å². The van der Waals surface area contributed by atoms with Crippen LogP contribution in [0.5, 0.6) is 0 Å². The maximum absolute atomic E-state index is 8.83. The normalized spacial score (nSPS) is 11.2. The first-order valence-corrected chi connectivity index (χ1v) is 7.12. The third-order valence-electron chi connectivity index (χ3n) is 2.06. The van der Waals surface area contributed by atoms with Crippen molar-refractivity contribution in [1.29, 1.82) is 0 Å². The molecule has 0 fully saturated rings. The van der Waals surface area contributed by atoms with Crippen molar-refractivity contribution in [2.24, 2.45) is 0 Å². The van der Waals surface area contributed by atoms with E-state index in [9.17, 15) is 0 Å². The number of aromatic nitrogens is 2. The molecular weight excluding hydrogens is 264 g/mol. The molecular formula is C10H11ClN2OS2. The van der Waals surface area contributed by atoms with Crippen LogP contribution >= 0.6 is 34.7 Å². The van der Waals surface area contributed by atoms with Crippen LogP contribution in [-0.2, 0) is 6.42 Å². The highest BCUT2D eigenvalue weighted by atomic mass is 35.5. The maximum Gasteiger partial charge on any atom is 0.224 e. The first kappa shape index (κ1) is 12.1. The molecule has 2 aromatic heterocycles. The Morgan fingerprint density at radius 1 is 1.50 bits per heavy atom. The van der Waals surface area contributed by atoms with Crippen molar-refractivity contribution in [2.45, 2.75) is 18.4 Å². The molecule has 0 unspecified atom stereocenters. The number of thiophene rings is 1. The van der Waals surface area contributed by atoms with E-state index in [4.69, 9.17) is 16.7 Å². The smallest absolute Gasteiger partial charge is 0.224 e. The largest absolute Gasteiger partial charge is 0.396 e. The van der Waals surface area contributed by atoms with E-state index in [0.29, 0.717) is 5.75 Å². The van der Waals surface area contributed by atoms with Gasteiger partial charge in [0, 0.05) is 16.0 Å². The quantitative estimate of drug-likeness (QED) is 0.529. The molecule has 0 atom stereocenters. The number of fused-ring (bicyclic) bond motifs is 1. The van der Waals surface area contributed by atoms with Crippen LogP contribution < -0.4 is 0 Å². The van der Waals surface area contributed by atoms with Crippen LogP contribution in [0, 0.1) is 0 Å². The van der Waals surface area contributed by atoms with Gasteiger partial charge in [0.2, 0.25) is 5.28 Å². The molecule has 0 aromatic carbocycles. The highest BCUT2D eigenvalue weighted by Crippen LogP contribution is 2.32. The Hall–Kier alpha value is -0.360. The Morgan fingerprint density at radius 3 is 3.00 bits per heavy atom. The van der Waals surface area contributed by atoms with Crippen LogP contribution in [0.25, 0.3) is 10.2 Å². The monoisotopic (exact) mass is 274 g/mol. The second-order valence-electron chi connectivity index (χ2n) is 3.15. The second-order valence-corrected chi connectivity index (χ2v) is 5.69. The van der Waals surface area contributed by atoms with Crippen LogP contribution in [0.2, 0.25) is 5.28 Å². The minimum absolute atomic E-state index is 0.137. The molecule has 2 rings (SSSR count). The van der Waals surface area contributed by atoms with Gasteiger partial charge in [-0.1, -0.05) is 6.92 Å². The first-order chi connectivity index (χ1) is 7.74. The van der Waals surface area contributed by atoms with E-state index in [0.717, 1.165) is 21.7 Å². The zero-order valence-corrected chi connectivity index (χ0v) is 11.1. The number of halogens is 1. The molecule has 0 amide bonds. The van der Waals surface area contributed by atoms with E-state index >= 15 is 0 Å². The third-order valence-corrected chi connectivity index (χ3v) is 4.37. The molecule has 16 heavy (non-hydrogen) atoms. The summed E-state index contributed by atoms with van der Waals surface area (Å²) < 4.78 is 0. The van der Waals surface area contributed by atoms with Crippen LogP contribution in [0.15, 0.2) is 11.1 Å². The molecule has 2 aromatic rings. The number of thioether (sulfide) groups is 1. The number of hydrogen-bond donors (Lipinski definition) is 1. The number of aliphatic hydroxyl groups is 1. The summed E-state index contributed by atoms with van der Waals surface area (Å²) >= 11 is 9.02. The molecule has 0 saturated heterocycles. The van der Waals surface area contributed by atoms with Crippen molar-refractivity contribution in [3.8, 4) is 0 Å². The van der Waals surface area contributed by atoms with Crippen molar-refractivity contribution in [1.82, 2.24) is 9.97 Å². The topological polar surface area (TPSA) is 46.0 Å². The molecule has 0 aliphatic rings. The van der Waals surface area contributed by atoms with Crippen molar-refractivity contribution < 1.29 is 5.11 Å². The maximum atomic E-state index is 8.83. The van der Waals surface area contributed by atoms with Crippen molar-refractivity contribution in [3.63, 3.8) is 0 Å². The summed E-state index contributed by atoms with van der Waals surface area (Å²) in [6.07, 6.45) is 0.989. The lowest BCUT2D eigenvalue weighted by Gasteiger charge is -2.00. The SMILES string of the molecule is CCc1cc2c(SCCO)nc(Cl)nc2s1. The Balaban J connectivity index is 2.48. The van der Waals surface area contributed by atoms with E-state index in [1.165, 1.54) is 16.6 Å². The molecule has 0 aliphatic heterocycles. The van der Waals surface area contributed by atoms with Crippen LogP contribution in [-0.4, -0.2) is 27.4 Å². The van der Waals surface area contributed by atoms with Gasteiger partial charge in [0.25, 0.3) is 0 Å². The molecule has 0 radical (unpaired) electrons. The fraction of sp³-hybridized carbons (Fsp3) is 0.400. The minimum Gasteiger partial charge on any atom is -0.396 e. The predicted octanol–water partition coefficient (Wildman–Crippen LogP) is 2.99. The van der Waals surface area contributed by atoms with E-state index < -0.39 is 0 Å². The number of aliphatic hydroxyl groups excluding tert-OH is 1. The van der Waals surface area contributed by atoms with E-state index in [1.54, 1.807) is 11.3 Å². The standard InChI is InChI=1S/C10H11ClN2OS2/c1-2-6-5-7-8(15-4-3-14)12-10(11)13-9(7)16-6/h5,14H,2-4H2,1H3. The summed E-state index contributed by atoms with van der Waals surface area (Å²) in [5.74, 6) is 0.625. The molecule has 0 saturated carbocycles. The lowest BCUT2D eigenvalue weighted by Crippen LogP contribution is -1.90. The van der Waals surface area contributed by atoms with Crippen LogP contribution in [0.4, 0.5) is 0 Å². The molecule has 3 nitrogen and oxygen atoms in total. The summed E-state index contributed by atoms with van der Waals surface area (Å²) in [5, 5.41) is 11.0. The number of nitrogens with zero attached hydrogens (tertiary/aromatic N) is 2. The summed E-state index contributed by atoms with van der Waals surface area (Å²) in [6, 6.07) is 2.11. The Labute approximate surface area is 107 Å². The lowest BCUT2D eigenvalue weighted by molar-refractivity contribution is 0.322. The van der Waals surface area contributed by atoms with Gasteiger partial charge in [0.05, 0.1) is 6.61 Å². The zero-order chi connectivity index (χ0) is 11.5. The summed E-state index contributed by atoms with van der Waals surface area (Å²) in [7, 11) is 0. The van der Waals surface area contributed by atoms with E-state index in [1.807, 2.05) is 0 Å². The number of hydrogen-bond acceptors (Lipinski definition) is 5. The number of aryl methyl sites for hydroxylation is 1. The van der Waals surface area contributed by atoms with Gasteiger partial charge < -0.3 is 5.11 Å². The fourth-order valence-electron chi connectivity index (χ4n) is 1.35. The van der Waals surface area contributed by atoms with E-state index in [2.05, 4.69) is 23.0 Å². The molecule has 0 spiro atoms. The Morgan fingerprint density at radius 2 is 2.31 bits per heavy atom. The Kier molecular flexibility index (Phi) is 4.02. The Bertz CT molecular complexity index is 501. The summed E-state index contributed by atoms with van der Waals surface area (Å²) in [4.78, 5) is 10.6. The van der Waals surface area contributed by atoms with Gasteiger partial charge in [-0.05, 0) is 24.1 Å². The van der Waals surface area contributed by atoms with Gasteiger partial charge >= 0.3 is 0 Å². The van der Waals surface area contributed by atoms with Crippen molar-refractivity contribution >= 4 is 44.9 Å². The lowest BCUT2D eigenvalue weighted by atomic mass is 10.3. The second kappa shape index (κ2) is 5.31. The molecule has 2 heterocycles. The van der Waals surface area contributed by atoms with Crippen molar-refractivity contribution in [3.05, 3.63) is 16.2 Å².